The zero-order valence-electron chi connectivity index (χ0n) is 16.3. The van der Waals surface area contributed by atoms with Gasteiger partial charge in [-0.05, 0) is 37.4 Å². The van der Waals surface area contributed by atoms with E-state index in [2.05, 4.69) is 61.6 Å². The van der Waals surface area contributed by atoms with Gasteiger partial charge in [0.15, 0.2) is 0 Å². The van der Waals surface area contributed by atoms with E-state index in [9.17, 15) is 0 Å². The van der Waals surface area contributed by atoms with E-state index < -0.39 is 0 Å². The summed E-state index contributed by atoms with van der Waals surface area (Å²) in [6.45, 7) is 7.63. The Bertz CT molecular complexity index is 613. The average Bonchev–Trinajstić information content (AvgIpc) is 2.68. The molecule has 0 saturated carbocycles. The van der Waals surface area contributed by atoms with Crippen molar-refractivity contribution >= 4 is 0 Å². The van der Waals surface area contributed by atoms with Crippen LogP contribution < -0.4 is 14.8 Å². The van der Waals surface area contributed by atoms with Gasteiger partial charge in [0.1, 0.15) is 11.5 Å². The van der Waals surface area contributed by atoms with E-state index >= 15 is 0 Å². The number of unbranched alkanes of at least 4 members (excludes halogenated alkanes) is 2. The highest BCUT2D eigenvalue weighted by molar-refractivity contribution is 5.40. The van der Waals surface area contributed by atoms with Crippen LogP contribution in [0.4, 0.5) is 0 Å². The number of ether oxygens (including phenoxy) is 2. The van der Waals surface area contributed by atoms with Crippen molar-refractivity contribution in [3.63, 3.8) is 0 Å². The van der Waals surface area contributed by atoms with Crippen LogP contribution in [-0.4, -0.2) is 19.8 Å². The van der Waals surface area contributed by atoms with Gasteiger partial charge < -0.3 is 14.8 Å². The monoisotopic (exact) mass is 355 g/mol. The lowest BCUT2D eigenvalue weighted by Gasteiger charge is -2.14. The molecule has 3 heteroatoms. The summed E-state index contributed by atoms with van der Waals surface area (Å²) in [5.74, 6) is 1.85. The molecule has 0 heterocycles. The molecule has 0 aliphatic heterocycles. The summed E-state index contributed by atoms with van der Waals surface area (Å²) in [4.78, 5) is 0. The molecule has 0 aliphatic carbocycles. The van der Waals surface area contributed by atoms with Crippen LogP contribution in [0.5, 0.6) is 11.5 Å². The van der Waals surface area contributed by atoms with E-state index in [-0.39, 0.29) is 0 Å². The summed E-state index contributed by atoms with van der Waals surface area (Å²) in [6.07, 6.45) is 5.46. The number of hydrogen-bond acceptors (Lipinski definition) is 3. The number of benzene rings is 2. The van der Waals surface area contributed by atoms with Crippen molar-refractivity contribution in [3.8, 4) is 11.5 Å². The van der Waals surface area contributed by atoms with Gasteiger partial charge in [0.25, 0.3) is 0 Å². The van der Waals surface area contributed by atoms with Gasteiger partial charge in [0.2, 0.25) is 0 Å². The maximum Gasteiger partial charge on any atom is 0.127 e. The fourth-order valence-corrected chi connectivity index (χ4v) is 2.67. The Balaban J connectivity index is 1.89. The fourth-order valence-electron chi connectivity index (χ4n) is 2.67. The van der Waals surface area contributed by atoms with Gasteiger partial charge in [-0.25, -0.2) is 0 Å². The van der Waals surface area contributed by atoms with Crippen LogP contribution in [0.3, 0.4) is 0 Å². The summed E-state index contributed by atoms with van der Waals surface area (Å²) in [6, 6.07) is 16.8. The summed E-state index contributed by atoms with van der Waals surface area (Å²) >= 11 is 0. The standard InChI is InChI=1S/C23H33NO2/c1-3-5-16-25-22-13-12-21(23(18-22)26-17-6-4-2)19-24-15-14-20-10-8-7-9-11-20/h7-13,18,24H,3-6,14-17,19H2,1-2H3. The minimum absolute atomic E-state index is 0.756. The van der Waals surface area contributed by atoms with Crippen LogP contribution in [0.25, 0.3) is 0 Å². The van der Waals surface area contributed by atoms with Gasteiger partial charge >= 0.3 is 0 Å². The molecule has 0 saturated heterocycles. The van der Waals surface area contributed by atoms with E-state index in [1.54, 1.807) is 0 Å². The number of hydrogen-bond donors (Lipinski definition) is 1. The fraction of sp³-hybridized carbons (Fsp3) is 0.478. The number of rotatable bonds is 13. The molecule has 0 radical (unpaired) electrons. The Labute approximate surface area is 158 Å². The maximum atomic E-state index is 6.02. The summed E-state index contributed by atoms with van der Waals surface area (Å²) < 4.78 is 11.9. The third-order valence-corrected chi connectivity index (χ3v) is 4.31. The van der Waals surface area contributed by atoms with E-state index in [1.165, 1.54) is 11.1 Å². The van der Waals surface area contributed by atoms with Gasteiger partial charge in [-0.3, -0.25) is 0 Å². The molecule has 0 aliphatic rings. The molecule has 142 valence electrons. The van der Waals surface area contributed by atoms with Crippen molar-refractivity contribution < 1.29 is 9.47 Å². The Morgan fingerprint density at radius 2 is 1.58 bits per heavy atom. The molecule has 2 aromatic carbocycles. The van der Waals surface area contributed by atoms with Crippen LogP contribution in [0.15, 0.2) is 48.5 Å². The summed E-state index contributed by atoms with van der Waals surface area (Å²) in [7, 11) is 0. The highest BCUT2D eigenvalue weighted by Gasteiger charge is 2.07. The Hall–Kier alpha value is -2.00. The lowest BCUT2D eigenvalue weighted by Crippen LogP contribution is -2.17. The molecule has 0 spiro atoms. The lowest BCUT2D eigenvalue weighted by molar-refractivity contribution is 0.291. The molecule has 0 amide bonds. The second-order valence-electron chi connectivity index (χ2n) is 6.59. The molecule has 0 fully saturated rings. The van der Waals surface area contributed by atoms with Crippen molar-refractivity contribution in [2.24, 2.45) is 0 Å². The zero-order valence-corrected chi connectivity index (χ0v) is 16.3. The van der Waals surface area contributed by atoms with Crippen LogP contribution in [0.2, 0.25) is 0 Å². The minimum atomic E-state index is 0.756. The van der Waals surface area contributed by atoms with E-state index in [4.69, 9.17) is 9.47 Å². The topological polar surface area (TPSA) is 30.5 Å². The maximum absolute atomic E-state index is 6.02. The Kier molecular flexibility index (Phi) is 9.66. The van der Waals surface area contributed by atoms with Crippen molar-refractivity contribution in [3.05, 3.63) is 59.7 Å². The first-order chi connectivity index (χ1) is 12.8. The third-order valence-electron chi connectivity index (χ3n) is 4.31. The van der Waals surface area contributed by atoms with Gasteiger partial charge in [-0.2, -0.15) is 0 Å². The van der Waals surface area contributed by atoms with Gasteiger partial charge in [-0.15, -0.1) is 0 Å². The Morgan fingerprint density at radius 3 is 2.31 bits per heavy atom. The van der Waals surface area contributed by atoms with Crippen LogP contribution in [0.1, 0.15) is 50.7 Å². The largest absolute Gasteiger partial charge is 0.493 e. The van der Waals surface area contributed by atoms with Crippen molar-refractivity contribution in [2.45, 2.75) is 52.5 Å². The molecule has 2 rings (SSSR count). The second kappa shape index (κ2) is 12.4. The molecule has 2 aromatic rings. The molecular weight excluding hydrogens is 322 g/mol. The summed E-state index contributed by atoms with van der Waals surface area (Å²) in [5, 5.41) is 3.53. The van der Waals surface area contributed by atoms with Gasteiger partial charge in [0.05, 0.1) is 13.2 Å². The first-order valence-corrected chi connectivity index (χ1v) is 9.96. The van der Waals surface area contributed by atoms with E-state index in [1.807, 2.05) is 6.07 Å². The predicted octanol–water partition coefficient (Wildman–Crippen LogP) is 5.38. The first-order valence-electron chi connectivity index (χ1n) is 9.96. The van der Waals surface area contributed by atoms with Gasteiger partial charge in [-0.1, -0.05) is 63.1 Å². The normalized spacial score (nSPS) is 10.7. The summed E-state index contributed by atoms with van der Waals surface area (Å²) in [5.41, 5.74) is 2.55. The second-order valence-corrected chi connectivity index (χ2v) is 6.59. The molecule has 0 aromatic heterocycles. The molecule has 26 heavy (non-hydrogen) atoms. The average molecular weight is 356 g/mol. The lowest BCUT2D eigenvalue weighted by atomic mass is 10.1. The van der Waals surface area contributed by atoms with Crippen LogP contribution in [-0.2, 0) is 13.0 Å². The van der Waals surface area contributed by atoms with Crippen molar-refractivity contribution in [2.75, 3.05) is 19.8 Å². The van der Waals surface area contributed by atoms with Crippen LogP contribution in [0, 0.1) is 0 Å². The smallest absolute Gasteiger partial charge is 0.127 e. The molecule has 3 nitrogen and oxygen atoms in total. The van der Waals surface area contributed by atoms with Crippen LogP contribution >= 0.6 is 0 Å². The Morgan fingerprint density at radius 1 is 0.846 bits per heavy atom. The molecule has 1 N–H and O–H groups in total. The highest BCUT2D eigenvalue weighted by Crippen LogP contribution is 2.25. The molecule has 0 bridgehead atoms. The predicted molar refractivity (Wildman–Crippen MR) is 109 cm³/mol. The molecule has 0 atom stereocenters. The molecule has 0 unspecified atom stereocenters. The minimum Gasteiger partial charge on any atom is -0.493 e. The quantitative estimate of drug-likeness (QED) is 0.490. The van der Waals surface area contributed by atoms with Gasteiger partial charge in [0, 0.05) is 18.2 Å². The van der Waals surface area contributed by atoms with Crippen molar-refractivity contribution in [1.82, 2.24) is 5.32 Å². The highest BCUT2D eigenvalue weighted by atomic mass is 16.5. The van der Waals surface area contributed by atoms with E-state index in [0.717, 1.165) is 69.9 Å². The first kappa shape index (κ1) is 20.3. The SMILES string of the molecule is CCCCOc1ccc(CNCCc2ccccc2)c(OCCCC)c1. The number of nitrogens with one attached hydrogen (secondary N) is 1. The van der Waals surface area contributed by atoms with Crippen molar-refractivity contribution in [1.29, 1.82) is 0 Å². The third kappa shape index (κ3) is 7.49. The zero-order chi connectivity index (χ0) is 18.5. The van der Waals surface area contributed by atoms with E-state index in [0.29, 0.717) is 0 Å². The molecular formula is C23H33NO2.